The van der Waals surface area contributed by atoms with Gasteiger partial charge < -0.3 is 9.30 Å². The van der Waals surface area contributed by atoms with Gasteiger partial charge in [-0.25, -0.2) is 0 Å². The quantitative estimate of drug-likeness (QED) is 0.341. The second kappa shape index (κ2) is 10.1. The van der Waals surface area contributed by atoms with Gasteiger partial charge in [-0.05, 0) is 30.2 Å². The van der Waals surface area contributed by atoms with Crippen LogP contribution in [-0.2, 0) is 13.2 Å². The third kappa shape index (κ3) is 5.14. The Morgan fingerprint density at radius 2 is 1.54 bits per heavy atom. The molecule has 2 nitrogen and oxygen atoms in total. The lowest BCUT2D eigenvalue weighted by molar-refractivity contribution is 0.310. The lowest BCUT2D eigenvalue weighted by atomic mass is 10.1. The molecule has 138 valence electrons. The van der Waals surface area contributed by atoms with E-state index in [1.165, 1.54) is 61.4 Å². The summed E-state index contributed by atoms with van der Waals surface area (Å²) < 4.78 is 8.46. The fourth-order valence-electron chi connectivity index (χ4n) is 3.49. The maximum atomic E-state index is 6.09. The minimum Gasteiger partial charge on any atom is -0.488 e. The van der Waals surface area contributed by atoms with Crippen molar-refractivity contribution in [2.24, 2.45) is 0 Å². The Balaban J connectivity index is 1.54. The van der Waals surface area contributed by atoms with E-state index in [2.05, 4.69) is 66.2 Å². The van der Waals surface area contributed by atoms with E-state index in [0.29, 0.717) is 6.61 Å². The summed E-state index contributed by atoms with van der Waals surface area (Å²) >= 11 is 0. The van der Waals surface area contributed by atoms with Crippen molar-refractivity contribution in [3.8, 4) is 5.75 Å². The number of aromatic nitrogens is 1. The molecule has 0 aliphatic carbocycles. The Labute approximate surface area is 157 Å². The summed E-state index contributed by atoms with van der Waals surface area (Å²) in [5.74, 6) is 0.977. The molecule has 2 aromatic carbocycles. The number of unbranched alkanes of at least 4 members (excludes halogenated alkanes) is 6. The van der Waals surface area contributed by atoms with Crippen LogP contribution in [0.2, 0.25) is 0 Å². The lowest BCUT2D eigenvalue weighted by Gasteiger charge is -2.09. The first kappa shape index (κ1) is 18.6. The van der Waals surface area contributed by atoms with Crippen molar-refractivity contribution < 1.29 is 4.74 Å². The molecule has 0 atom stereocenters. The highest BCUT2D eigenvalue weighted by Gasteiger charge is 2.07. The van der Waals surface area contributed by atoms with Crippen LogP contribution in [0.15, 0.2) is 60.8 Å². The van der Waals surface area contributed by atoms with Gasteiger partial charge in [0.05, 0.1) is 5.52 Å². The number of aryl methyl sites for hydroxylation is 1. The van der Waals surface area contributed by atoms with Crippen molar-refractivity contribution in [3.63, 3.8) is 0 Å². The molecule has 3 rings (SSSR count). The molecule has 2 heteroatoms. The minimum atomic E-state index is 0.614. The first-order valence-corrected chi connectivity index (χ1v) is 10.1. The topological polar surface area (TPSA) is 14.2 Å². The summed E-state index contributed by atoms with van der Waals surface area (Å²) in [6.45, 7) is 3.98. The lowest BCUT2D eigenvalue weighted by Crippen LogP contribution is -1.97. The van der Waals surface area contributed by atoms with Gasteiger partial charge in [-0.3, -0.25) is 0 Å². The molecule has 0 aliphatic rings. The van der Waals surface area contributed by atoms with Crippen LogP contribution in [0.3, 0.4) is 0 Å². The molecule has 0 amide bonds. The Bertz CT molecular complexity index is 775. The molecule has 0 fully saturated rings. The van der Waals surface area contributed by atoms with Crippen LogP contribution < -0.4 is 4.74 Å². The molecule has 0 saturated heterocycles. The minimum absolute atomic E-state index is 0.614. The average Bonchev–Trinajstić information content (AvgIpc) is 3.10. The van der Waals surface area contributed by atoms with E-state index in [4.69, 9.17) is 4.74 Å². The van der Waals surface area contributed by atoms with Crippen molar-refractivity contribution in [3.05, 3.63) is 66.4 Å². The standard InChI is InChI=1S/C24H31NO/c1-2-3-4-5-6-7-11-18-25-19-17-22-23(25)15-12-16-24(22)26-20-21-13-9-8-10-14-21/h8-10,12-17,19H,2-7,11,18,20H2,1H3. The average molecular weight is 350 g/mol. The van der Waals surface area contributed by atoms with Crippen molar-refractivity contribution in [1.82, 2.24) is 4.57 Å². The monoisotopic (exact) mass is 349 g/mol. The summed E-state index contributed by atoms with van der Waals surface area (Å²) in [4.78, 5) is 0. The Kier molecular flexibility index (Phi) is 7.18. The molecule has 0 saturated carbocycles. The zero-order valence-electron chi connectivity index (χ0n) is 16.0. The molecule has 0 bridgehead atoms. The second-order valence-corrected chi connectivity index (χ2v) is 7.09. The molecule has 1 aromatic heterocycles. The van der Waals surface area contributed by atoms with Crippen LogP contribution in [0.1, 0.15) is 57.4 Å². The number of ether oxygens (including phenoxy) is 1. The molecule has 3 aromatic rings. The molecule has 0 radical (unpaired) electrons. The summed E-state index contributed by atoms with van der Waals surface area (Å²) in [6, 6.07) is 18.9. The predicted octanol–water partition coefficient (Wildman–Crippen LogP) is 6.97. The van der Waals surface area contributed by atoms with Gasteiger partial charge in [0.2, 0.25) is 0 Å². The van der Waals surface area contributed by atoms with E-state index >= 15 is 0 Å². The summed E-state index contributed by atoms with van der Waals surface area (Å²) in [5, 5.41) is 1.21. The van der Waals surface area contributed by atoms with Crippen LogP contribution in [0, 0.1) is 0 Å². The highest BCUT2D eigenvalue weighted by molar-refractivity contribution is 5.86. The molecule has 0 unspecified atom stereocenters. The predicted molar refractivity (Wildman–Crippen MR) is 111 cm³/mol. The third-order valence-corrected chi connectivity index (χ3v) is 5.01. The van der Waals surface area contributed by atoms with Crippen LogP contribution >= 0.6 is 0 Å². The van der Waals surface area contributed by atoms with Gasteiger partial charge in [-0.15, -0.1) is 0 Å². The molecule has 1 heterocycles. The molecule has 0 spiro atoms. The largest absolute Gasteiger partial charge is 0.488 e. The van der Waals surface area contributed by atoms with Crippen molar-refractivity contribution in [2.75, 3.05) is 0 Å². The summed E-state index contributed by atoms with van der Waals surface area (Å²) in [6.07, 6.45) is 11.6. The Hall–Kier alpha value is -2.22. The fourth-order valence-corrected chi connectivity index (χ4v) is 3.49. The molecular formula is C24H31NO. The van der Waals surface area contributed by atoms with Gasteiger partial charge in [0, 0.05) is 18.1 Å². The van der Waals surface area contributed by atoms with Gasteiger partial charge in [-0.2, -0.15) is 0 Å². The molecule has 26 heavy (non-hydrogen) atoms. The van der Waals surface area contributed by atoms with Crippen molar-refractivity contribution in [1.29, 1.82) is 0 Å². The zero-order valence-corrected chi connectivity index (χ0v) is 16.0. The Morgan fingerprint density at radius 3 is 2.35 bits per heavy atom. The number of fused-ring (bicyclic) bond motifs is 1. The van der Waals surface area contributed by atoms with Gasteiger partial charge in [0.1, 0.15) is 12.4 Å². The van der Waals surface area contributed by atoms with E-state index in [1.807, 2.05) is 6.07 Å². The van der Waals surface area contributed by atoms with Crippen LogP contribution in [0.25, 0.3) is 10.9 Å². The molecular weight excluding hydrogens is 318 g/mol. The smallest absolute Gasteiger partial charge is 0.129 e. The normalized spacial score (nSPS) is 11.1. The number of benzene rings is 2. The van der Waals surface area contributed by atoms with Gasteiger partial charge in [0.25, 0.3) is 0 Å². The van der Waals surface area contributed by atoms with Crippen LogP contribution in [-0.4, -0.2) is 4.57 Å². The van der Waals surface area contributed by atoms with Crippen LogP contribution in [0.4, 0.5) is 0 Å². The van der Waals surface area contributed by atoms with E-state index in [0.717, 1.165) is 12.3 Å². The number of hydrogen-bond acceptors (Lipinski definition) is 1. The highest BCUT2D eigenvalue weighted by atomic mass is 16.5. The second-order valence-electron chi connectivity index (χ2n) is 7.09. The molecule has 0 N–H and O–H groups in total. The first-order valence-electron chi connectivity index (χ1n) is 10.1. The van der Waals surface area contributed by atoms with E-state index in [9.17, 15) is 0 Å². The SMILES string of the molecule is CCCCCCCCCn1ccc2c(OCc3ccccc3)cccc21. The number of rotatable bonds is 11. The summed E-state index contributed by atoms with van der Waals surface area (Å²) in [5.41, 5.74) is 2.48. The molecule has 0 aliphatic heterocycles. The van der Waals surface area contributed by atoms with Gasteiger partial charge >= 0.3 is 0 Å². The van der Waals surface area contributed by atoms with Crippen LogP contribution in [0.5, 0.6) is 5.75 Å². The number of nitrogens with zero attached hydrogens (tertiary/aromatic N) is 1. The van der Waals surface area contributed by atoms with Gasteiger partial charge in [0.15, 0.2) is 0 Å². The first-order chi connectivity index (χ1) is 12.9. The van der Waals surface area contributed by atoms with E-state index in [-0.39, 0.29) is 0 Å². The highest BCUT2D eigenvalue weighted by Crippen LogP contribution is 2.27. The van der Waals surface area contributed by atoms with Crippen molar-refractivity contribution in [2.45, 2.75) is 65.0 Å². The van der Waals surface area contributed by atoms with E-state index < -0.39 is 0 Å². The Morgan fingerprint density at radius 1 is 0.769 bits per heavy atom. The third-order valence-electron chi connectivity index (χ3n) is 5.01. The maximum Gasteiger partial charge on any atom is 0.129 e. The van der Waals surface area contributed by atoms with Crippen molar-refractivity contribution >= 4 is 10.9 Å². The summed E-state index contributed by atoms with van der Waals surface area (Å²) in [7, 11) is 0. The van der Waals surface area contributed by atoms with Gasteiger partial charge in [-0.1, -0.05) is 81.8 Å². The zero-order chi connectivity index (χ0) is 18.0. The maximum absolute atomic E-state index is 6.09. The number of hydrogen-bond donors (Lipinski definition) is 0. The fraction of sp³-hybridized carbons (Fsp3) is 0.417. The van der Waals surface area contributed by atoms with E-state index in [1.54, 1.807) is 0 Å².